The van der Waals surface area contributed by atoms with Gasteiger partial charge in [-0.3, -0.25) is 0 Å². The number of rotatable bonds is 4. The minimum absolute atomic E-state index is 0.112. The van der Waals surface area contributed by atoms with E-state index in [-0.39, 0.29) is 5.54 Å². The van der Waals surface area contributed by atoms with Crippen LogP contribution in [-0.4, -0.2) is 32.8 Å². The van der Waals surface area contributed by atoms with E-state index < -0.39 is 23.5 Å². The number of carboxylic acids is 2. The topological polar surface area (TPSA) is 146 Å². The zero-order chi connectivity index (χ0) is 17.5. The van der Waals surface area contributed by atoms with Gasteiger partial charge in [0.2, 0.25) is 5.76 Å². The van der Waals surface area contributed by atoms with E-state index in [2.05, 4.69) is 50.8 Å². The number of aliphatic hydroxyl groups is 1. The van der Waals surface area contributed by atoms with Crippen LogP contribution in [0, 0.1) is 0 Å². The molecule has 0 aliphatic heterocycles. The molecular weight excluding hydrogens is 290 g/mol. The molecule has 0 bridgehead atoms. The summed E-state index contributed by atoms with van der Waals surface area (Å²) in [5.41, 5.74) is 5.63. The molecule has 0 amide bonds. The van der Waals surface area contributed by atoms with Crippen molar-refractivity contribution in [1.29, 1.82) is 0 Å². The molecule has 0 aliphatic carbocycles. The molecule has 0 saturated carbocycles. The van der Waals surface area contributed by atoms with Crippen LogP contribution in [0.4, 0.5) is 0 Å². The average molecular weight is 311 g/mol. The minimum Gasteiger partial charge on any atom is -0.865 e. The number of hydrogen-bond donors (Lipinski definition) is 4. The molecular formula is C15H21NO6. The fourth-order valence-corrected chi connectivity index (χ4v) is 1.39. The van der Waals surface area contributed by atoms with Gasteiger partial charge in [-0.2, -0.15) is 0 Å². The quantitative estimate of drug-likeness (QED) is 0.458. The molecule has 22 heavy (non-hydrogen) atoms. The summed E-state index contributed by atoms with van der Waals surface area (Å²) in [6.45, 7) is 6.57. The Kier molecular flexibility index (Phi) is 7.11. The highest BCUT2D eigenvalue weighted by atomic mass is 16.4. The van der Waals surface area contributed by atoms with Gasteiger partial charge in [-0.05, 0) is 19.4 Å². The second-order valence-electron chi connectivity index (χ2n) is 5.41. The first kappa shape index (κ1) is 19.5. The zero-order valence-electron chi connectivity index (χ0n) is 12.7. The van der Waals surface area contributed by atoms with E-state index in [1.54, 1.807) is 0 Å². The third-order valence-electron chi connectivity index (χ3n) is 3.08. The number of carboxylic acid groups (broad SMARTS) is 2. The third-order valence-corrected chi connectivity index (χ3v) is 3.08. The fourth-order valence-electron chi connectivity index (χ4n) is 1.39. The number of benzene rings is 1. The highest BCUT2D eigenvalue weighted by molar-refractivity contribution is 5.94. The predicted octanol–water partition coefficient (Wildman–Crippen LogP) is 0.0961. The normalized spacial score (nSPS) is 13.3. The van der Waals surface area contributed by atoms with E-state index in [4.69, 9.17) is 15.3 Å². The van der Waals surface area contributed by atoms with Crippen molar-refractivity contribution in [2.24, 2.45) is 0 Å². The number of quaternary nitrogens is 1. The Balaban J connectivity index is 0.000000409. The Hall–Kier alpha value is -2.54. The second kappa shape index (κ2) is 8.04. The number of aliphatic hydroxyl groups excluding tert-OH is 1. The van der Waals surface area contributed by atoms with Gasteiger partial charge in [-0.25, -0.2) is 9.59 Å². The smallest absolute Gasteiger partial charge is 0.370 e. The molecule has 0 aromatic heterocycles. The van der Waals surface area contributed by atoms with Crippen molar-refractivity contribution < 1.29 is 35.7 Å². The first-order chi connectivity index (χ1) is 9.98. The molecule has 1 aromatic carbocycles. The predicted molar refractivity (Wildman–Crippen MR) is 76.8 cm³/mol. The van der Waals surface area contributed by atoms with Crippen LogP contribution in [0.1, 0.15) is 32.3 Å². The van der Waals surface area contributed by atoms with Crippen molar-refractivity contribution in [3.05, 3.63) is 47.4 Å². The van der Waals surface area contributed by atoms with Crippen LogP contribution in [0.15, 0.2) is 41.9 Å². The van der Waals surface area contributed by atoms with Crippen molar-refractivity contribution in [3.8, 4) is 0 Å². The SMILES string of the molecule is CC(c1ccccc1)C(C)(C)[NH3+].O=C(O)/C([O-])=C(/O)C(=O)O. The van der Waals surface area contributed by atoms with Gasteiger partial charge < -0.3 is 26.2 Å². The lowest BCUT2D eigenvalue weighted by Gasteiger charge is -2.23. The zero-order valence-corrected chi connectivity index (χ0v) is 12.7. The Morgan fingerprint density at radius 3 is 1.82 bits per heavy atom. The van der Waals surface area contributed by atoms with E-state index >= 15 is 0 Å². The third kappa shape index (κ3) is 6.27. The minimum atomic E-state index is -2.00. The first-order valence-electron chi connectivity index (χ1n) is 6.45. The van der Waals surface area contributed by atoms with Gasteiger partial charge in [0.05, 0.1) is 5.54 Å². The monoisotopic (exact) mass is 311 g/mol. The molecule has 7 heteroatoms. The molecule has 0 aliphatic rings. The van der Waals surface area contributed by atoms with Gasteiger partial charge in [0.25, 0.3) is 0 Å². The summed E-state index contributed by atoms with van der Waals surface area (Å²) < 4.78 is 0. The lowest BCUT2D eigenvalue weighted by atomic mass is 9.84. The summed E-state index contributed by atoms with van der Waals surface area (Å²) in [6, 6.07) is 10.5. The molecule has 0 saturated heterocycles. The number of carbonyl (C=O) groups is 2. The van der Waals surface area contributed by atoms with E-state index in [0.717, 1.165) is 0 Å². The van der Waals surface area contributed by atoms with Gasteiger partial charge in [0.15, 0.2) is 0 Å². The summed E-state index contributed by atoms with van der Waals surface area (Å²) in [4.78, 5) is 19.3. The second-order valence-corrected chi connectivity index (χ2v) is 5.41. The Morgan fingerprint density at radius 2 is 1.55 bits per heavy atom. The maximum absolute atomic E-state index is 10.0. The molecule has 0 heterocycles. The lowest BCUT2D eigenvalue weighted by Crippen LogP contribution is -2.71. The number of aliphatic carboxylic acids is 2. The van der Waals surface area contributed by atoms with Crippen molar-refractivity contribution in [1.82, 2.24) is 0 Å². The van der Waals surface area contributed by atoms with Gasteiger partial charge in [0, 0.05) is 11.7 Å². The summed E-state index contributed by atoms with van der Waals surface area (Å²) in [6.07, 6.45) is 0. The van der Waals surface area contributed by atoms with E-state index in [1.165, 1.54) is 5.56 Å². The molecule has 6 N–H and O–H groups in total. The Labute approximate surface area is 128 Å². The molecule has 1 aromatic rings. The first-order valence-corrected chi connectivity index (χ1v) is 6.45. The van der Waals surface area contributed by atoms with Crippen molar-refractivity contribution in [2.75, 3.05) is 0 Å². The van der Waals surface area contributed by atoms with Crippen molar-refractivity contribution in [2.45, 2.75) is 32.2 Å². The maximum atomic E-state index is 10.0. The maximum Gasteiger partial charge on any atom is 0.370 e. The van der Waals surface area contributed by atoms with Gasteiger partial charge in [-0.15, -0.1) is 0 Å². The summed E-state index contributed by atoms with van der Waals surface area (Å²) in [5, 5.41) is 33.8. The van der Waals surface area contributed by atoms with E-state index in [0.29, 0.717) is 5.92 Å². The van der Waals surface area contributed by atoms with Crippen LogP contribution in [0.5, 0.6) is 0 Å². The van der Waals surface area contributed by atoms with Gasteiger partial charge in [0.1, 0.15) is 0 Å². The van der Waals surface area contributed by atoms with Crippen LogP contribution in [0.3, 0.4) is 0 Å². The molecule has 0 radical (unpaired) electrons. The average Bonchev–Trinajstić information content (AvgIpc) is 2.45. The van der Waals surface area contributed by atoms with Crippen LogP contribution in [0.25, 0.3) is 0 Å². The van der Waals surface area contributed by atoms with Crippen molar-refractivity contribution >= 4 is 11.9 Å². The van der Waals surface area contributed by atoms with E-state index in [9.17, 15) is 14.7 Å². The van der Waals surface area contributed by atoms with Crippen LogP contribution in [-0.2, 0) is 9.59 Å². The largest absolute Gasteiger partial charge is 0.865 e. The molecule has 122 valence electrons. The van der Waals surface area contributed by atoms with Crippen LogP contribution in [0.2, 0.25) is 0 Å². The highest BCUT2D eigenvalue weighted by Crippen LogP contribution is 2.23. The highest BCUT2D eigenvalue weighted by Gasteiger charge is 2.25. The van der Waals surface area contributed by atoms with Crippen LogP contribution >= 0.6 is 0 Å². The van der Waals surface area contributed by atoms with Gasteiger partial charge in [-0.1, -0.05) is 37.3 Å². The molecule has 1 unspecified atom stereocenters. The molecule has 0 fully saturated rings. The van der Waals surface area contributed by atoms with E-state index in [1.807, 2.05) is 6.07 Å². The molecule has 0 spiro atoms. The lowest BCUT2D eigenvalue weighted by molar-refractivity contribution is -0.471. The Morgan fingerprint density at radius 1 is 1.09 bits per heavy atom. The van der Waals surface area contributed by atoms with Crippen LogP contribution < -0.4 is 10.8 Å². The number of hydrogen-bond acceptors (Lipinski definition) is 4. The van der Waals surface area contributed by atoms with Crippen molar-refractivity contribution in [3.63, 3.8) is 0 Å². The standard InChI is InChI=1S/C11H17N.C4H4O6/c1-9(11(2,3)12)10-7-5-4-6-8-10;5-1(3(7)8)2(6)4(9)10/h4-9H,12H2,1-3H3;5-6H,(H,7,8)(H,9,10)/b;2-1-. The molecule has 1 rings (SSSR count). The van der Waals surface area contributed by atoms with Gasteiger partial charge >= 0.3 is 11.9 Å². The molecule has 1 atom stereocenters. The summed E-state index contributed by atoms with van der Waals surface area (Å²) >= 11 is 0. The summed E-state index contributed by atoms with van der Waals surface area (Å²) in [7, 11) is 0. The summed E-state index contributed by atoms with van der Waals surface area (Å²) in [5.74, 6) is -6.95. The Bertz CT molecular complexity index is 523. The molecule has 7 nitrogen and oxygen atoms in total. The fraction of sp³-hybridized carbons (Fsp3) is 0.333.